The first-order valence-corrected chi connectivity index (χ1v) is 7.02. The molecule has 3 heteroatoms. The van der Waals surface area contributed by atoms with E-state index in [9.17, 15) is 5.11 Å². The van der Waals surface area contributed by atoms with E-state index in [0.717, 1.165) is 6.42 Å². The maximum Gasteiger partial charge on any atom is 0.0609 e. The van der Waals surface area contributed by atoms with Crippen LogP contribution in [0.15, 0.2) is 0 Å². The van der Waals surface area contributed by atoms with E-state index >= 15 is 0 Å². The average Bonchev–Trinajstić information content (AvgIpc) is 2.74. The number of aliphatic hydroxyl groups excluding tert-OH is 1. The zero-order valence-corrected chi connectivity index (χ0v) is 12.0. The third kappa shape index (κ3) is 3.67. The minimum atomic E-state index is -0.441. The van der Waals surface area contributed by atoms with Gasteiger partial charge in [-0.3, -0.25) is 0 Å². The van der Waals surface area contributed by atoms with Gasteiger partial charge < -0.3 is 15.7 Å². The highest BCUT2D eigenvalue weighted by Gasteiger charge is 2.37. The lowest BCUT2D eigenvalue weighted by Gasteiger charge is -2.33. The van der Waals surface area contributed by atoms with Crippen LogP contribution < -0.4 is 5.73 Å². The Bertz CT molecular complexity index is 236. The molecule has 0 aromatic carbocycles. The Labute approximate surface area is 106 Å². The number of nitrogens with two attached hydrogens (primary N) is 1. The molecule has 0 aromatic rings. The smallest absolute Gasteiger partial charge is 0.0609 e. The summed E-state index contributed by atoms with van der Waals surface area (Å²) in [6.45, 7) is 11.2. The van der Waals surface area contributed by atoms with E-state index in [1.807, 2.05) is 6.92 Å². The van der Waals surface area contributed by atoms with Crippen molar-refractivity contribution in [2.75, 3.05) is 19.7 Å². The Balaban J connectivity index is 2.53. The summed E-state index contributed by atoms with van der Waals surface area (Å²) in [5.41, 5.74) is 6.13. The molecule has 1 aliphatic rings. The summed E-state index contributed by atoms with van der Waals surface area (Å²) in [6, 6.07) is 0.470. The van der Waals surface area contributed by atoms with Crippen molar-refractivity contribution in [2.24, 2.45) is 11.1 Å². The van der Waals surface area contributed by atoms with Crippen molar-refractivity contribution in [3.05, 3.63) is 0 Å². The molecule has 0 radical (unpaired) electrons. The van der Waals surface area contributed by atoms with Crippen LogP contribution in [0.3, 0.4) is 0 Å². The number of likely N-dealkylation sites (tertiary alicyclic amines) is 1. The van der Waals surface area contributed by atoms with Crippen LogP contribution >= 0.6 is 0 Å². The number of aliphatic hydroxyl groups is 1. The van der Waals surface area contributed by atoms with Gasteiger partial charge in [-0.2, -0.15) is 0 Å². The molecular weight excluding hydrogens is 212 g/mol. The monoisotopic (exact) mass is 242 g/mol. The van der Waals surface area contributed by atoms with Gasteiger partial charge in [-0.25, -0.2) is 0 Å². The Hall–Kier alpha value is -0.120. The lowest BCUT2D eigenvalue weighted by molar-refractivity contribution is 0.140. The van der Waals surface area contributed by atoms with Crippen LogP contribution in [-0.4, -0.2) is 41.3 Å². The van der Waals surface area contributed by atoms with E-state index < -0.39 is 5.54 Å². The first kappa shape index (κ1) is 14.9. The van der Waals surface area contributed by atoms with E-state index in [1.54, 1.807) is 0 Å². The van der Waals surface area contributed by atoms with Gasteiger partial charge in [-0.15, -0.1) is 0 Å². The third-order valence-electron chi connectivity index (χ3n) is 4.71. The first-order chi connectivity index (χ1) is 7.88. The highest BCUT2D eigenvalue weighted by Crippen LogP contribution is 2.38. The molecule has 1 heterocycles. The Morgan fingerprint density at radius 1 is 1.41 bits per heavy atom. The minimum absolute atomic E-state index is 0.0673. The average molecular weight is 242 g/mol. The molecule has 0 amide bonds. The van der Waals surface area contributed by atoms with Crippen molar-refractivity contribution in [3.63, 3.8) is 0 Å². The van der Waals surface area contributed by atoms with Crippen molar-refractivity contribution in [3.8, 4) is 0 Å². The lowest BCUT2D eigenvalue weighted by Crippen LogP contribution is -2.47. The van der Waals surface area contributed by atoms with E-state index in [-0.39, 0.29) is 6.61 Å². The summed E-state index contributed by atoms with van der Waals surface area (Å²) in [5.74, 6) is 0. The van der Waals surface area contributed by atoms with Gasteiger partial charge in [-0.05, 0) is 51.5 Å². The summed E-state index contributed by atoms with van der Waals surface area (Å²) in [5, 5.41) is 9.24. The van der Waals surface area contributed by atoms with E-state index in [1.165, 1.54) is 32.4 Å². The van der Waals surface area contributed by atoms with Gasteiger partial charge in [0, 0.05) is 18.1 Å². The molecule has 1 rings (SSSR count). The molecule has 1 aliphatic heterocycles. The predicted molar refractivity (Wildman–Crippen MR) is 73.0 cm³/mol. The summed E-state index contributed by atoms with van der Waals surface area (Å²) in [6.07, 6.45) is 4.72. The molecule has 0 aliphatic carbocycles. The maximum absolute atomic E-state index is 9.24. The fourth-order valence-electron chi connectivity index (χ4n) is 3.04. The molecule has 0 saturated carbocycles. The highest BCUT2D eigenvalue weighted by atomic mass is 16.3. The van der Waals surface area contributed by atoms with Crippen LogP contribution in [0.1, 0.15) is 53.4 Å². The van der Waals surface area contributed by atoms with Gasteiger partial charge in [0.05, 0.1) is 6.61 Å². The molecule has 17 heavy (non-hydrogen) atoms. The summed E-state index contributed by atoms with van der Waals surface area (Å²) >= 11 is 0. The second-order valence-electron chi connectivity index (χ2n) is 6.29. The van der Waals surface area contributed by atoms with Crippen LogP contribution in [0.5, 0.6) is 0 Å². The van der Waals surface area contributed by atoms with Crippen LogP contribution in [0.2, 0.25) is 0 Å². The van der Waals surface area contributed by atoms with E-state index in [0.29, 0.717) is 11.5 Å². The van der Waals surface area contributed by atoms with Gasteiger partial charge >= 0.3 is 0 Å². The number of nitrogens with zero attached hydrogens (tertiary/aromatic N) is 1. The quantitative estimate of drug-likeness (QED) is 0.749. The molecule has 3 N–H and O–H groups in total. The Morgan fingerprint density at radius 3 is 2.41 bits per heavy atom. The van der Waals surface area contributed by atoms with E-state index in [4.69, 9.17) is 5.73 Å². The van der Waals surface area contributed by atoms with Crippen LogP contribution in [-0.2, 0) is 0 Å². The molecule has 0 aromatic heterocycles. The van der Waals surface area contributed by atoms with Crippen molar-refractivity contribution >= 4 is 0 Å². The fourth-order valence-corrected chi connectivity index (χ4v) is 3.04. The number of hydrogen-bond donors (Lipinski definition) is 2. The number of rotatable bonds is 6. The van der Waals surface area contributed by atoms with Gasteiger partial charge in [0.25, 0.3) is 0 Å². The highest BCUT2D eigenvalue weighted by molar-refractivity contribution is 4.92. The van der Waals surface area contributed by atoms with Gasteiger partial charge in [0.1, 0.15) is 0 Å². The van der Waals surface area contributed by atoms with Crippen molar-refractivity contribution in [2.45, 2.75) is 65.0 Å². The first-order valence-electron chi connectivity index (χ1n) is 7.02. The predicted octanol–water partition coefficient (Wildman–Crippen LogP) is 1.99. The standard InChI is InChI=1S/C14H30N2O/c1-5-14(6-2)7-8-16(10-14)12(3)9-13(4,15)11-17/h12,17H,5-11,15H2,1-4H3. The van der Waals surface area contributed by atoms with E-state index in [2.05, 4.69) is 25.7 Å². The molecule has 2 unspecified atom stereocenters. The molecule has 102 valence electrons. The maximum atomic E-state index is 9.24. The van der Waals surface area contributed by atoms with Crippen LogP contribution in [0.4, 0.5) is 0 Å². The molecule has 2 atom stereocenters. The topological polar surface area (TPSA) is 49.5 Å². The second kappa shape index (κ2) is 5.68. The Morgan fingerprint density at radius 2 is 2.00 bits per heavy atom. The van der Waals surface area contributed by atoms with Crippen LogP contribution in [0.25, 0.3) is 0 Å². The van der Waals surface area contributed by atoms with Crippen LogP contribution in [0, 0.1) is 5.41 Å². The number of hydrogen-bond acceptors (Lipinski definition) is 3. The van der Waals surface area contributed by atoms with Crippen molar-refractivity contribution in [1.29, 1.82) is 0 Å². The zero-order chi connectivity index (χ0) is 13.1. The summed E-state index contributed by atoms with van der Waals surface area (Å²) in [7, 11) is 0. The van der Waals surface area contributed by atoms with Crippen molar-refractivity contribution < 1.29 is 5.11 Å². The molecule has 1 fully saturated rings. The zero-order valence-electron chi connectivity index (χ0n) is 12.0. The Kier molecular flexibility index (Phi) is 4.99. The molecule has 0 bridgehead atoms. The second-order valence-corrected chi connectivity index (χ2v) is 6.29. The van der Waals surface area contributed by atoms with Crippen molar-refractivity contribution in [1.82, 2.24) is 4.90 Å². The molecule has 1 saturated heterocycles. The summed E-state index contributed by atoms with van der Waals surface area (Å²) < 4.78 is 0. The van der Waals surface area contributed by atoms with Gasteiger partial charge in [0.15, 0.2) is 0 Å². The summed E-state index contributed by atoms with van der Waals surface area (Å²) in [4.78, 5) is 2.55. The molecular formula is C14H30N2O. The minimum Gasteiger partial charge on any atom is -0.394 e. The van der Waals surface area contributed by atoms with Gasteiger partial charge in [0.2, 0.25) is 0 Å². The SMILES string of the molecule is CCC1(CC)CCN(C(C)CC(C)(N)CO)C1. The largest absolute Gasteiger partial charge is 0.394 e. The third-order valence-corrected chi connectivity index (χ3v) is 4.71. The lowest BCUT2D eigenvalue weighted by atomic mass is 9.82. The normalized spacial score (nSPS) is 25.8. The molecule has 3 nitrogen and oxygen atoms in total. The molecule has 0 spiro atoms. The van der Waals surface area contributed by atoms with Gasteiger partial charge in [-0.1, -0.05) is 13.8 Å². The fraction of sp³-hybridized carbons (Fsp3) is 1.00.